The number of rotatable bonds is 9. The third-order valence-corrected chi connectivity index (χ3v) is 7.42. The minimum atomic E-state index is -3.51. The fourth-order valence-corrected chi connectivity index (χ4v) is 5.29. The Bertz CT molecular complexity index is 663. The van der Waals surface area contributed by atoms with Gasteiger partial charge in [0.2, 0.25) is 10.0 Å². The van der Waals surface area contributed by atoms with Gasteiger partial charge in [-0.15, -0.1) is 0 Å². The zero-order valence-corrected chi connectivity index (χ0v) is 18.1. The first kappa shape index (κ1) is 22.1. The van der Waals surface area contributed by atoms with E-state index in [2.05, 4.69) is 30.4 Å². The van der Waals surface area contributed by atoms with E-state index in [4.69, 9.17) is 0 Å². The van der Waals surface area contributed by atoms with Crippen molar-refractivity contribution >= 4 is 10.0 Å². The Balaban J connectivity index is 2.93. The predicted molar refractivity (Wildman–Crippen MR) is 107 cm³/mol. The van der Waals surface area contributed by atoms with E-state index in [0.29, 0.717) is 4.90 Å². The molecule has 0 saturated heterocycles. The van der Waals surface area contributed by atoms with Gasteiger partial charge in [-0.3, -0.25) is 0 Å². The van der Waals surface area contributed by atoms with Crippen LogP contribution >= 0.6 is 0 Å². The fourth-order valence-electron chi connectivity index (χ4n) is 3.41. The molecule has 1 atom stereocenters. The van der Waals surface area contributed by atoms with Crippen LogP contribution < -0.4 is 4.72 Å². The summed E-state index contributed by atoms with van der Waals surface area (Å²) in [5.74, 6) is 0. The van der Waals surface area contributed by atoms with E-state index in [1.807, 2.05) is 34.6 Å². The quantitative estimate of drug-likeness (QED) is 0.716. The number of nitrogens with one attached hydrogen (secondary N) is 1. The number of benzene rings is 1. The molecule has 1 N–H and O–H groups in total. The van der Waals surface area contributed by atoms with Crippen LogP contribution in [0.15, 0.2) is 4.90 Å². The van der Waals surface area contributed by atoms with Gasteiger partial charge in [0.1, 0.15) is 0 Å². The summed E-state index contributed by atoms with van der Waals surface area (Å²) in [7, 11) is -3.51. The Labute approximate surface area is 155 Å². The first-order chi connectivity index (χ1) is 11.6. The van der Waals surface area contributed by atoms with Crippen LogP contribution in [0.25, 0.3) is 0 Å². The van der Waals surface area contributed by atoms with Gasteiger partial charge in [0.25, 0.3) is 0 Å². The number of nitrogens with zero attached hydrogens (tertiary/aromatic N) is 1. The van der Waals surface area contributed by atoms with Gasteiger partial charge in [0.05, 0.1) is 4.90 Å². The van der Waals surface area contributed by atoms with Crippen LogP contribution in [0.2, 0.25) is 0 Å². The smallest absolute Gasteiger partial charge is 0.241 e. The van der Waals surface area contributed by atoms with E-state index in [-0.39, 0.29) is 6.04 Å². The lowest BCUT2D eigenvalue weighted by Crippen LogP contribution is -2.34. The number of sulfonamides is 1. The first-order valence-electron chi connectivity index (χ1n) is 9.38. The molecule has 0 aliphatic heterocycles. The average molecular weight is 369 g/mol. The molecule has 0 aromatic heterocycles. The topological polar surface area (TPSA) is 49.4 Å². The van der Waals surface area contributed by atoms with Crippen molar-refractivity contribution < 1.29 is 8.42 Å². The molecule has 1 rings (SSSR count). The molecule has 0 radical (unpaired) electrons. The van der Waals surface area contributed by atoms with Crippen molar-refractivity contribution in [2.24, 2.45) is 0 Å². The van der Waals surface area contributed by atoms with E-state index in [1.165, 1.54) is 5.56 Å². The molecular weight excluding hydrogens is 332 g/mol. The Morgan fingerprint density at radius 3 is 1.76 bits per heavy atom. The van der Waals surface area contributed by atoms with Gasteiger partial charge in [-0.1, -0.05) is 13.8 Å². The SMILES string of the molecule is CCN(CC)CCCC(C)NS(=O)(=O)c1c(C)c(C)c(C)c(C)c1C. The monoisotopic (exact) mass is 368 g/mol. The molecule has 0 fully saturated rings. The third kappa shape index (κ3) is 5.28. The van der Waals surface area contributed by atoms with Crippen molar-refractivity contribution in [2.75, 3.05) is 19.6 Å². The number of hydrogen-bond donors (Lipinski definition) is 1. The van der Waals surface area contributed by atoms with Crippen LogP contribution in [0.4, 0.5) is 0 Å². The summed E-state index contributed by atoms with van der Waals surface area (Å²) >= 11 is 0. The molecule has 0 heterocycles. The highest BCUT2D eigenvalue weighted by Gasteiger charge is 2.25. The van der Waals surface area contributed by atoms with Gasteiger partial charge in [-0.05, 0) is 102 Å². The van der Waals surface area contributed by atoms with Crippen LogP contribution in [0.3, 0.4) is 0 Å². The van der Waals surface area contributed by atoms with Crippen molar-refractivity contribution in [3.63, 3.8) is 0 Å². The summed E-state index contributed by atoms with van der Waals surface area (Å²) in [6, 6.07) is -0.0683. The van der Waals surface area contributed by atoms with Crippen LogP contribution in [0.5, 0.6) is 0 Å². The third-order valence-electron chi connectivity index (χ3n) is 5.56. The molecule has 4 nitrogen and oxygen atoms in total. The first-order valence-corrected chi connectivity index (χ1v) is 10.9. The fraction of sp³-hybridized carbons (Fsp3) is 0.700. The second-order valence-electron chi connectivity index (χ2n) is 7.15. The molecule has 0 aliphatic rings. The average Bonchev–Trinajstić information content (AvgIpc) is 2.54. The molecule has 0 spiro atoms. The lowest BCUT2D eigenvalue weighted by atomic mass is 9.95. The van der Waals surface area contributed by atoms with Crippen LogP contribution in [0, 0.1) is 34.6 Å². The van der Waals surface area contributed by atoms with E-state index in [9.17, 15) is 8.42 Å². The lowest BCUT2D eigenvalue weighted by Gasteiger charge is -2.22. The second kappa shape index (κ2) is 9.15. The zero-order valence-electron chi connectivity index (χ0n) is 17.3. The summed E-state index contributed by atoms with van der Waals surface area (Å²) in [6.07, 6.45) is 1.84. The summed E-state index contributed by atoms with van der Waals surface area (Å²) in [6.45, 7) is 19.2. The lowest BCUT2D eigenvalue weighted by molar-refractivity contribution is 0.293. The maximum Gasteiger partial charge on any atom is 0.241 e. The van der Waals surface area contributed by atoms with Crippen LogP contribution in [-0.4, -0.2) is 39.0 Å². The highest BCUT2D eigenvalue weighted by Crippen LogP contribution is 2.29. The maximum absolute atomic E-state index is 13.0. The Hall–Kier alpha value is -0.910. The molecule has 1 unspecified atom stereocenters. The van der Waals surface area contributed by atoms with Crippen molar-refractivity contribution in [1.29, 1.82) is 0 Å². The summed E-state index contributed by atoms with van der Waals surface area (Å²) in [5.41, 5.74) is 5.04. The molecule has 1 aromatic carbocycles. The Kier molecular flexibility index (Phi) is 8.10. The number of hydrogen-bond acceptors (Lipinski definition) is 3. The molecule has 1 aromatic rings. The zero-order chi connectivity index (χ0) is 19.4. The van der Waals surface area contributed by atoms with Crippen molar-refractivity contribution in [2.45, 2.75) is 79.2 Å². The minimum Gasteiger partial charge on any atom is -0.304 e. The molecule has 0 saturated carbocycles. The van der Waals surface area contributed by atoms with Gasteiger partial charge in [0.15, 0.2) is 0 Å². The second-order valence-corrected chi connectivity index (χ2v) is 8.80. The molecule has 25 heavy (non-hydrogen) atoms. The van der Waals surface area contributed by atoms with Crippen LogP contribution in [0.1, 0.15) is 61.4 Å². The minimum absolute atomic E-state index is 0.0683. The molecule has 0 amide bonds. The van der Waals surface area contributed by atoms with Gasteiger partial charge in [-0.2, -0.15) is 0 Å². The Morgan fingerprint density at radius 1 is 0.880 bits per heavy atom. The summed E-state index contributed by atoms with van der Waals surface area (Å²) in [4.78, 5) is 2.83. The van der Waals surface area contributed by atoms with Gasteiger partial charge in [-0.25, -0.2) is 13.1 Å². The molecule has 144 valence electrons. The van der Waals surface area contributed by atoms with Crippen molar-refractivity contribution in [1.82, 2.24) is 9.62 Å². The summed E-state index contributed by atoms with van der Waals surface area (Å²) in [5, 5.41) is 0. The van der Waals surface area contributed by atoms with E-state index in [0.717, 1.165) is 54.7 Å². The Morgan fingerprint density at radius 2 is 1.32 bits per heavy atom. The van der Waals surface area contributed by atoms with Crippen molar-refractivity contribution in [3.05, 3.63) is 27.8 Å². The van der Waals surface area contributed by atoms with Gasteiger partial charge >= 0.3 is 0 Å². The molecule has 5 heteroatoms. The normalized spacial score (nSPS) is 13.5. The van der Waals surface area contributed by atoms with Crippen LogP contribution in [-0.2, 0) is 10.0 Å². The molecule has 0 bridgehead atoms. The predicted octanol–water partition coefficient (Wildman–Crippen LogP) is 4.02. The highest BCUT2D eigenvalue weighted by molar-refractivity contribution is 7.89. The van der Waals surface area contributed by atoms with Gasteiger partial charge in [0, 0.05) is 6.04 Å². The summed E-state index contributed by atoms with van der Waals surface area (Å²) < 4.78 is 28.9. The van der Waals surface area contributed by atoms with Crippen molar-refractivity contribution in [3.8, 4) is 0 Å². The largest absolute Gasteiger partial charge is 0.304 e. The maximum atomic E-state index is 13.0. The molecular formula is C20H36N2O2S. The van der Waals surface area contributed by atoms with E-state index < -0.39 is 10.0 Å². The van der Waals surface area contributed by atoms with E-state index in [1.54, 1.807) is 0 Å². The van der Waals surface area contributed by atoms with Gasteiger partial charge < -0.3 is 4.90 Å². The van der Waals surface area contributed by atoms with E-state index >= 15 is 0 Å². The molecule has 0 aliphatic carbocycles. The standard InChI is InChI=1S/C20H36N2O2S/c1-9-22(10-2)13-11-12-14(3)21-25(23,24)20-18(7)16(5)15(4)17(6)19(20)8/h14,21H,9-13H2,1-8H3. The highest BCUT2D eigenvalue weighted by atomic mass is 32.2.